The smallest absolute Gasteiger partial charge is 0.246 e. The van der Waals surface area contributed by atoms with Crippen LogP contribution in [0.25, 0.3) is 0 Å². The van der Waals surface area contributed by atoms with Crippen molar-refractivity contribution in [3.05, 3.63) is 28.3 Å². The molecular formula is C11H14N4O2S. The second kappa shape index (κ2) is 5.13. The normalized spacial score (nSPS) is 21.3. The van der Waals surface area contributed by atoms with E-state index in [9.17, 15) is 0 Å². The number of aryl methyl sites for hydroxylation is 1. The molecule has 7 heteroatoms. The molecular weight excluding hydrogens is 252 g/mol. The summed E-state index contributed by atoms with van der Waals surface area (Å²) in [5.74, 6) is 1.30. The van der Waals surface area contributed by atoms with Gasteiger partial charge in [-0.2, -0.15) is 4.98 Å². The van der Waals surface area contributed by atoms with Gasteiger partial charge in [-0.1, -0.05) is 5.16 Å². The third-order valence-electron chi connectivity index (χ3n) is 2.91. The highest BCUT2D eigenvalue weighted by Gasteiger charge is 2.29. The molecule has 6 nitrogen and oxygen atoms in total. The summed E-state index contributed by atoms with van der Waals surface area (Å²) >= 11 is 1.66. The first-order valence-electron chi connectivity index (χ1n) is 5.82. The van der Waals surface area contributed by atoms with Crippen molar-refractivity contribution in [2.24, 2.45) is 0 Å². The lowest BCUT2D eigenvalue weighted by atomic mass is 10.2. The molecule has 0 aliphatic carbocycles. The molecule has 96 valence electrons. The first kappa shape index (κ1) is 11.8. The van der Waals surface area contributed by atoms with Crippen LogP contribution >= 0.6 is 11.3 Å². The Kier molecular flexibility index (Phi) is 3.35. The zero-order valence-corrected chi connectivity index (χ0v) is 10.9. The van der Waals surface area contributed by atoms with Crippen LogP contribution in [0.2, 0.25) is 0 Å². The molecule has 1 aliphatic heterocycles. The van der Waals surface area contributed by atoms with Gasteiger partial charge in [0.2, 0.25) is 5.89 Å². The van der Waals surface area contributed by atoms with Gasteiger partial charge in [0.25, 0.3) is 0 Å². The molecule has 1 saturated heterocycles. The Labute approximate surface area is 109 Å². The monoisotopic (exact) mass is 266 g/mol. The van der Waals surface area contributed by atoms with E-state index in [0.29, 0.717) is 18.3 Å². The summed E-state index contributed by atoms with van der Waals surface area (Å²) in [6.45, 7) is 4.87. The van der Waals surface area contributed by atoms with Crippen LogP contribution in [0.5, 0.6) is 0 Å². The molecule has 0 aromatic carbocycles. The summed E-state index contributed by atoms with van der Waals surface area (Å²) in [4.78, 5) is 11.9. The third-order valence-corrected chi connectivity index (χ3v) is 3.67. The number of hydrogen-bond acceptors (Lipinski definition) is 7. The van der Waals surface area contributed by atoms with Gasteiger partial charge >= 0.3 is 0 Å². The van der Waals surface area contributed by atoms with E-state index in [2.05, 4.69) is 20.0 Å². The molecule has 0 N–H and O–H groups in total. The number of nitrogens with zero attached hydrogens (tertiary/aromatic N) is 4. The molecule has 0 spiro atoms. The first-order valence-corrected chi connectivity index (χ1v) is 6.70. The highest BCUT2D eigenvalue weighted by molar-refractivity contribution is 7.09. The molecule has 18 heavy (non-hydrogen) atoms. The second-order valence-corrected chi connectivity index (χ2v) is 5.18. The minimum Gasteiger partial charge on any atom is -0.378 e. The lowest BCUT2D eigenvalue weighted by molar-refractivity contribution is -0.0236. The Morgan fingerprint density at radius 3 is 3.22 bits per heavy atom. The van der Waals surface area contributed by atoms with Crippen LogP contribution in [0, 0.1) is 6.92 Å². The van der Waals surface area contributed by atoms with Gasteiger partial charge in [-0.05, 0) is 6.92 Å². The van der Waals surface area contributed by atoms with Crippen LogP contribution in [-0.4, -0.2) is 39.8 Å². The molecule has 3 heterocycles. The molecule has 3 rings (SSSR count). The molecule has 1 fully saturated rings. The Bertz CT molecular complexity index is 499. The number of rotatable bonds is 3. The summed E-state index contributed by atoms with van der Waals surface area (Å²) in [6, 6.07) is 0.0436. The topological polar surface area (TPSA) is 64.3 Å². The molecule has 0 unspecified atom stereocenters. The molecule has 1 aliphatic rings. The average Bonchev–Trinajstić information content (AvgIpc) is 3.02. The van der Waals surface area contributed by atoms with Crippen LogP contribution in [0.4, 0.5) is 0 Å². The van der Waals surface area contributed by atoms with Crippen molar-refractivity contribution in [1.82, 2.24) is 20.0 Å². The van der Waals surface area contributed by atoms with Crippen LogP contribution in [-0.2, 0) is 11.3 Å². The fourth-order valence-corrected chi connectivity index (χ4v) is 2.64. The summed E-state index contributed by atoms with van der Waals surface area (Å²) in [6.07, 6.45) is 1.90. The zero-order chi connectivity index (χ0) is 12.4. The van der Waals surface area contributed by atoms with Crippen molar-refractivity contribution < 1.29 is 9.26 Å². The molecule has 0 bridgehead atoms. The second-order valence-electron chi connectivity index (χ2n) is 4.21. The average molecular weight is 266 g/mol. The number of thiazole rings is 1. The van der Waals surface area contributed by atoms with E-state index in [4.69, 9.17) is 9.26 Å². The SMILES string of the molecule is Cc1noc([C@@H]2COCCN2Cc2cncs2)n1. The number of morpholine rings is 1. The van der Waals surface area contributed by atoms with Crippen molar-refractivity contribution in [2.75, 3.05) is 19.8 Å². The maximum Gasteiger partial charge on any atom is 0.246 e. The summed E-state index contributed by atoms with van der Waals surface area (Å²) in [7, 11) is 0. The predicted octanol–water partition coefficient (Wildman–Crippen LogP) is 1.41. The third kappa shape index (κ3) is 2.43. The highest BCUT2D eigenvalue weighted by atomic mass is 32.1. The minimum atomic E-state index is 0.0436. The number of ether oxygens (including phenoxy) is 1. The molecule has 1 atom stereocenters. The Morgan fingerprint density at radius 1 is 1.56 bits per heavy atom. The van der Waals surface area contributed by atoms with Crippen LogP contribution < -0.4 is 0 Å². The summed E-state index contributed by atoms with van der Waals surface area (Å²) < 4.78 is 10.8. The maximum atomic E-state index is 5.51. The Morgan fingerprint density at radius 2 is 2.50 bits per heavy atom. The van der Waals surface area contributed by atoms with Gasteiger partial charge in [-0.15, -0.1) is 11.3 Å². The fourth-order valence-electron chi connectivity index (χ4n) is 2.02. The lowest BCUT2D eigenvalue weighted by Crippen LogP contribution is -2.39. The predicted molar refractivity (Wildman–Crippen MR) is 65.1 cm³/mol. The summed E-state index contributed by atoms with van der Waals surface area (Å²) in [5.41, 5.74) is 1.85. The van der Waals surface area contributed by atoms with Crippen LogP contribution in [0.15, 0.2) is 16.2 Å². The zero-order valence-electron chi connectivity index (χ0n) is 10.1. The molecule has 0 saturated carbocycles. The van der Waals surface area contributed by atoms with E-state index in [1.807, 2.05) is 18.6 Å². The summed E-state index contributed by atoms with van der Waals surface area (Å²) in [5, 5.41) is 3.85. The number of aromatic nitrogens is 3. The van der Waals surface area contributed by atoms with E-state index in [0.717, 1.165) is 19.7 Å². The van der Waals surface area contributed by atoms with E-state index in [1.54, 1.807) is 11.3 Å². The van der Waals surface area contributed by atoms with Crippen molar-refractivity contribution in [3.63, 3.8) is 0 Å². The van der Waals surface area contributed by atoms with Gasteiger partial charge in [-0.3, -0.25) is 9.88 Å². The van der Waals surface area contributed by atoms with Gasteiger partial charge in [-0.25, -0.2) is 0 Å². The van der Waals surface area contributed by atoms with Crippen molar-refractivity contribution in [2.45, 2.75) is 19.5 Å². The van der Waals surface area contributed by atoms with Crippen LogP contribution in [0.1, 0.15) is 22.6 Å². The fraction of sp³-hybridized carbons (Fsp3) is 0.545. The molecule has 2 aromatic heterocycles. The standard InChI is InChI=1S/C11H14N4O2S/c1-8-13-11(17-14-8)10-6-16-3-2-15(10)5-9-4-12-7-18-9/h4,7,10H,2-3,5-6H2,1H3/t10-/m0/s1. The quantitative estimate of drug-likeness (QED) is 0.837. The first-order chi connectivity index (χ1) is 8.83. The molecule has 0 amide bonds. The highest BCUT2D eigenvalue weighted by Crippen LogP contribution is 2.25. The van der Waals surface area contributed by atoms with E-state index in [-0.39, 0.29) is 6.04 Å². The van der Waals surface area contributed by atoms with Gasteiger partial charge in [0.15, 0.2) is 5.82 Å². The maximum absolute atomic E-state index is 5.51. The molecule has 0 radical (unpaired) electrons. The minimum absolute atomic E-state index is 0.0436. The van der Waals surface area contributed by atoms with Gasteiger partial charge in [0.1, 0.15) is 6.04 Å². The van der Waals surface area contributed by atoms with Gasteiger partial charge < -0.3 is 9.26 Å². The Hall–Kier alpha value is -1.31. The van der Waals surface area contributed by atoms with E-state index < -0.39 is 0 Å². The van der Waals surface area contributed by atoms with Gasteiger partial charge in [0.05, 0.1) is 18.7 Å². The number of hydrogen-bond donors (Lipinski definition) is 0. The van der Waals surface area contributed by atoms with Crippen molar-refractivity contribution in [1.29, 1.82) is 0 Å². The van der Waals surface area contributed by atoms with Crippen LogP contribution in [0.3, 0.4) is 0 Å². The van der Waals surface area contributed by atoms with Crippen molar-refractivity contribution in [3.8, 4) is 0 Å². The van der Waals surface area contributed by atoms with E-state index in [1.165, 1.54) is 4.88 Å². The van der Waals surface area contributed by atoms with E-state index >= 15 is 0 Å². The molecule has 2 aromatic rings. The Balaban J connectivity index is 1.77. The van der Waals surface area contributed by atoms with Crippen molar-refractivity contribution >= 4 is 11.3 Å². The lowest BCUT2D eigenvalue weighted by Gasteiger charge is -2.32. The van der Waals surface area contributed by atoms with Gasteiger partial charge in [0, 0.05) is 24.2 Å². The largest absolute Gasteiger partial charge is 0.378 e.